The van der Waals surface area contributed by atoms with Gasteiger partial charge in [-0.3, -0.25) is 4.79 Å². The molecule has 0 bridgehead atoms. The second-order valence-electron chi connectivity index (χ2n) is 9.02. The van der Waals surface area contributed by atoms with Crippen LogP contribution in [-0.4, -0.2) is 53.3 Å². The van der Waals surface area contributed by atoms with Crippen LogP contribution in [0, 0.1) is 0 Å². The zero-order valence-electron chi connectivity index (χ0n) is 22.3. The van der Waals surface area contributed by atoms with E-state index in [1.54, 1.807) is 26.2 Å². The van der Waals surface area contributed by atoms with E-state index in [1.165, 1.54) is 16.1 Å². The fraction of sp³-hybridized carbons (Fsp3) is 0.222. The average Bonchev–Trinajstić information content (AvgIpc) is 3.57. The molecule has 2 aromatic heterocycles. The Hall–Kier alpha value is -4.40. The van der Waals surface area contributed by atoms with Gasteiger partial charge in [0.2, 0.25) is 15.8 Å². The molecule has 0 fully saturated rings. The van der Waals surface area contributed by atoms with Gasteiger partial charge < -0.3 is 15.2 Å². The quantitative estimate of drug-likeness (QED) is 0.228. The number of tetrazole rings is 1. The first-order valence-corrected chi connectivity index (χ1v) is 14.9. The third-order valence-electron chi connectivity index (χ3n) is 6.31. The maximum Gasteiger partial charge on any atom is 0.306 e. The van der Waals surface area contributed by atoms with Crippen molar-refractivity contribution in [2.45, 2.75) is 31.2 Å². The van der Waals surface area contributed by atoms with E-state index < -0.39 is 16.0 Å². The number of aryl methyl sites for hydroxylation is 1. The first-order chi connectivity index (χ1) is 19.7. The van der Waals surface area contributed by atoms with E-state index in [2.05, 4.69) is 20.4 Å². The number of nitrogen functional groups attached to an aromatic ring is 1. The highest BCUT2D eigenvalue weighted by molar-refractivity contribution is 7.89. The Kier molecular flexibility index (Phi) is 7.97. The maximum atomic E-state index is 13.2. The van der Waals surface area contributed by atoms with E-state index in [4.69, 9.17) is 20.3 Å². The molecule has 0 aliphatic heterocycles. The number of nitrogens with two attached hydrogens (primary N) is 2. The number of esters is 1. The normalized spacial score (nSPS) is 11.6. The fourth-order valence-corrected chi connectivity index (χ4v) is 6.33. The monoisotopic (exact) mass is 593 g/mol. The number of anilines is 1. The van der Waals surface area contributed by atoms with Crippen molar-refractivity contribution >= 4 is 42.7 Å². The van der Waals surface area contributed by atoms with Crippen molar-refractivity contribution in [1.29, 1.82) is 0 Å². The van der Waals surface area contributed by atoms with Gasteiger partial charge in [-0.1, -0.05) is 47.7 Å². The molecule has 4 N–H and O–H groups in total. The number of fused-ring (bicyclic) bond motifs is 1. The summed E-state index contributed by atoms with van der Waals surface area (Å²) in [7, 11) is -2.75. The Morgan fingerprint density at radius 3 is 2.56 bits per heavy atom. The summed E-state index contributed by atoms with van der Waals surface area (Å²) >= 11 is 1.32. The van der Waals surface area contributed by atoms with Gasteiger partial charge in [0.25, 0.3) is 0 Å². The van der Waals surface area contributed by atoms with Crippen LogP contribution in [-0.2, 0) is 32.5 Å². The zero-order chi connectivity index (χ0) is 29.1. The van der Waals surface area contributed by atoms with Crippen LogP contribution in [0.1, 0.15) is 24.5 Å². The summed E-state index contributed by atoms with van der Waals surface area (Å²) in [6, 6.07) is 16.3. The number of hydrogen-bond acceptors (Lipinski definition) is 11. The number of hydrogen-bond donors (Lipinski definition) is 2. The number of benzene rings is 3. The number of nitrogens with zero attached hydrogens (tertiary/aromatic N) is 5. The third-order valence-corrected chi connectivity index (χ3v) is 8.20. The number of ether oxygens (including phenoxy) is 2. The molecule has 41 heavy (non-hydrogen) atoms. The molecule has 12 nitrogen and oxygen atoms in total. The van der Waals surface area contributed by atoms with Crippen LogP contribution in [0.2, 0.25) is 0 Å². The number of primary sulfonamides is 1. The van der Waals surface area contributed by atoms with Crippen molar-refractivity contribution in [3.63, 3.8) is 0 Å². The highest BCUT2D eigenvalue weighted by Crippen LogP contribution is 2.41. The highest BCUT2D eigenvalue weighted by Gasteiger charge is 2.28. The molecular formula is C27H27N7O5S2. The molecule has 0 aliphatic rings. The van der Waals surface area contributed by atoms with Crippen molar-refractivity contribution < 1.29 is 22.7 Å². The zero-order valence-corrected chi connectivity index (χ0v) is 23.9. The van der Waals surface area contributed by atoms with E-state index in [9.17, 15) is 13.2 Å². The van der Waals surface area contributed by atoms with Gasteiger partial charge in [0, 0.05) is 12.0 Å². The number of para-hydroxylation sites is 1. The Bertz CT molecular complexity index is 1830. The third kappa shape index (κ3) is 6.04. The highest BCUT2D eigenvalue weighted by atomic mass is 32.2. The minimum Gasteiger partial charge on any atom is -0.497 e. The molecule has 5 aromatic rings. The standard InChI is InChI=1S/C27H27N7O5S2/c1-3-39-22(35)14-10-17-9-13-19(20-5-4-6-21-24(20)30-27(28)40-21)23(25(17)41(29,36)37)26-31-33-34(32-26)15-16-7-11-18(38-2)12-8-16/h4-9,11-13H,3,10,14-15H2,1-2H3,(H2,28,30)(H2,29,36,37). The van der Waals surface area contributed by atoms with Crippen LogP contribution < -0.4 is 15.6 Å². The van der Waals surface area contributed by atoms with E-state index >= 15 is 0 Å². The van der Waals surface area contributed by atoms with Crippen molar-refractivity contribution in [2.75, 3.05) is 19.5 Å². The Morgan fingerprint density at radius 2 is 1.85 bits per heavy atom. The minimum atomic E-state index is -4.33. The first-order valence-electron chi connectivity index (χ1n) is 12.6. The molecule has 14 heteroatoms. The summed E-state index contributed by atoms with van der Waals surface area (Å²) in [5.74, 6) is 0.306. The van der Waals surface area contributed by atoms with Gasteiger partial charge in [-0.25, -0.2) is 18.5 Å². The molecule has 0 saturated carbocycles. The summed E-state index contributed by atoms with van der Waals surface area (Å²) in [6.45, 7) is 2.19. The van der Waals surface area contributed by atoms with Crippen molar-refractivity contribution in [3.05, 3.63) is 65.7 Å². The predicted octanol–water partition coefficient (Wildman–Crippen LogP) is 3.40. The lowest BCUT2D eigenvalue weighted by atomic mass is 9.94. The van der Waals surface area contributed by atoms with Crippen LogP contribution in [0.25, 0.3) is 32.7 Å². The maximum absolute atomic E-state index is 13.2. The summed E-state index contributed by atoms with van der Waals surface area (Å²) < 4.78 is 37.4. The molecule has 0 aliphatic carbocycles. The van der Waals surface area contributed by atoms with Gasteiger partial charge in [-0.15, -0.1) is 10.2 Å². The first kappa shape index (κ1) is 28.1. The summed E-state index contributed by atoms with van der Waals surface area (Å²) in [5, 5.41) is 19.1. The Morgan fingerprint density at radius 1 is 1.07 bits per heavy atom. The van der Waals surface area contributed by atoms with Crippen LogP contribution >= 0.6 is 11.3 Å². The van der Waals surface area contributed by atoms with Crippen molar-refractivity contribution in [2.24, 2.45) is 5.14 Å². The van der Waals surface area contributed by atoms with Gasteiger partial charge >= 0.3 is 5.97 Å². The minimum absolute atomic E-state index is 0.0368. The number of sulfonamides is 1. The average molecular weight is 594 g/mol. The van der Waals surface area contributed by atoms with Crippen molar-refractivity contribution in [3.8, 4) is 28.3 Å². The summed E-state index contributed by atoms with van der Waals surface area (Å²) in [5.41, 5.74) is 9.07. The Labute approximate surface area is 240 Å². The number of rotatable bonds is 10. The number of carbonyl (C=O) groups is 1. The lowest BCUT2D eigenvalue weighted by Crippen LogP contribution is -2.18. The van der Waals surface area contributed by atoms with E-state index in [-0.39, 0.29) is 42.3 Å². The smallest absolute Gasteiger partial charge is 0.306 e. The lowest BCUT2D eigenvalue weighted by Gasteiger charge is -2.16. The molecule has 0 amide bonds. The van der Waals surface area contributed by atoms with Gasteiger partial charge in [0.15, 0.2) is 5.13 Å². The molecular weight excluding hydrogens is 566 g/mol. The van der Waals surface area contributed by atoms with Gasteiger partial charge in [0.05, 0.1) is 40.9 Å². The molecule has 5 rings (SSSR count). The number of methoxy groups -OCH3 is 1. The fourth-order valence-electron chi connectivity index (χ4n) is 4.55. The molecule has 0 unspecified atom stereocenters. The van der Waals surface area contributed by atoms with Crippen molar-refractivity contribution in [1.82, 2.24) is 25.2 Å². The van der Waals surface area contributed by atoms with Gasteiger partial charge in [0.1, 0.15) is 5.75 Å². The van der Waals surface area contributed by atoms with E-state index in [1.807, 2.05) is 42.5 Å². The van der Waals surface area contributed by atoms with E-state index in [0.717, 1.165) is 10.3 Å². The largest absolute Gasteiger partial charge is 0.497 e. The SMILES string of the molecule is CCOC(=O)CCc1ccc(-c2cccc3sc(N)nc23)c(-c2nnn(Cc3ccc(OC)cc3)n2)c1S(N)(=O)=O. The molecule has 0 atom stereocenters. The Balaban J connectivity index is 1.68. The molecule has 212 valence electrons. The second kappa shape index (κ2) is 11.6. The van der Waals surface area contributed by atoms with Gasteiger partial charge in [-0.05, 0) is 53.4 Å². The number of carbonyl (C=O) groups excluding carboxylic acids is 1. The molecule has 2 heterocycles. The topological polar surface area (TPSA) is 178 Å². The van der Waals surface area contributed by atoms with E-state index in [0.29, 0.717) is 33.1 Å². The number of thiazole rings is 1. The summed E-state index contributed by atoms with van der Waals surface area (Å²) in [4.78, 5) is 17.8. The number of aromatic nitrogens is 5. The van der Waals surface area contributed by atoms with Crippen LogP contribution in [0.15, 0.2) is 59.5 Å². The van der Waals surface area contributed by atoms with Crippen LogP contribution in [0.5, 0.6) is 5.75 Å². The molecule has 0 spiro atoms. The molecule has 3 aromatic carbocycles. The second-order valence-corrected chi connectivity index (χ2v) is 11.6. The van der Waals surface area contributed by atoms with Gasteiger partial charge in [-0.2, -0.15) is 4.80 Å². The predicted molar refractivity (Wildman–Crippen MR) is 155 cm³/mol. The van der Waals surface area contributed by atoms with Crippen LogP contribution in [0.4, 0.5) is 5.13 Å². The molecule has 0 saturated heterocycles. The summed E-state index contributed by atoms with van der Waals surface area (Å²) in [6.07, 6.45) is 0.0383. The lowest BCUT2D eigenvalue weighted by molar-refractivity contribution is -0.143. The van der Waals surface area contributed by atoms with Crippen LogP contribution in [0.3, 0.4) is 0 Å². The molecule has 0 radical (unpaired) electrons.